The summed E-state index contributed by atoms with van der Waals surface area (Å²) in [4.78, 5) is 32.9. The van der Waals surface area contributed by atoms with Gasteiger partial charge >= 0.3 is 6.09 Å². The zero-order chi connectivity index (χ0) is 21.2. The van der Waals surface area contributed by atoms with Crippen LogP contribution >= 0.6 is 11.6 Å². The molecule has 1 aliphatic carbocycles. The molecule has 3 rings (SSSR count). The fourth-order valence-electron chi connectivity index (χ4n) is 3.42. The summed E-state index contributed by atoms with van der Waals surface area (Å²) < 4.78 is 5.33. The Kier molecular flexibility index (Phi) is 5.99. The molecule has 1 saturated carbocycles. The van der Waals surface area contributed by atoms with Crippen molar-refractivity contribution in [1.82, 2.24) is 20.4 Å². The Labute approximate surface area is 174 Å². The van der Waals surface area contributed by atoms with Crippen molar-refractivity contribution in [3.05, 3.63) is 29.0 Å². The third-order valence-corrected chi connectivity index (χ3v) is 5.23. The lowest BCUT2D eigenvalue weighted by molar-refractivity contribution is 0.0168. The van der Waals surface area contributed by atoms with E-state index in [-0.39, 0.29) is 22.5 Å². The second-order valence-corrected chi connectivity index (χ2v) is 8.53. The summed E-state index contributed by atoms with van der Waals surface area (Å²) >= 11 is 6.45. The Hall–Kier alpha value is -2.79. The molecule has 154 valence electrons. The molecule has 0 aliphatic heterocycles. The van der Waals surface area contributed by atoms with E-state index in [1.165, 1.54) is 11.2 Å². The van der Waals surface area contributed by atoms with Crippen molar-refractivity contribution in [2.45, 2.75) is 58.1 Å². The normalized spacial score (nSPS) is 19.4. The first-order valence-electron chi connectivity index (χ1n) is 9.54. The maximum Gasteiger partial charge on any atom is 0.426 e. The Morgan fingerprint density at radius 3 is 2.66 bits per heavy atom. The van der Waals surface area contributed by atoms with E-state index >= 15 is 0 Å². The van der Waals surface area contributed by atoms with E-state index in [2.05, 4.69) is 21.5 Å². The van der Waals surface area contributed by atoms with E-state index < -0.39 is 17.6 Å². The average Bonchev–Trinajstić information content (AvgIpc) is 3.14. The molecule has 9 heteroatoms. The summed E-state index contributed by atoms with van der Waals surface area (Å²) in [6, 6.07) is 3.75. The molecule has 2 aromatic heterocycles. The minimum atomic E-state index is -0.722. The molecule has 0 saturated heterocycles. The molecule has 0 spiro atoms. The van der Waals surface area contributed by atoms with Gasteiger partial charge in [0.15, 0.2) is 0 Å². The second-order valence-electron chi connectivity index (χ2n) is 8.15. The zero-order valence-electron chi connectivity index (χ0n) is 16.7. The lowest BCUT2D eigenvalue weighted by Crippen LogP contribution is -2.54. The van der Waals surface area contributed by atoms with Crippen molar-refractivity contribution in [2.75, 3.05) is 0 Å². The fraction of sp³-hybridized carbons (Fsp3) is 0.500. The monoisotopic (exact) mass is 417 g/mol. The molecule has 29 heavy (non-hydrogen) atoms. The van der Waals surface area contributed by atoms with Crippen LogP contribution in [0.3, 0.4) is 0 Å². The van der Waals surface area contributed by atoms with Gasteiger partial charge in [0.05, 0.1) is 22.7 Å². The van der Waals surface area contributed by atoms with Crippen LogP contribution in [0, 0.1) is 17.2 Å². The maximum atomic E-state index is 13.3. The molecule has 0 atom stereocenters. The van der Waals surface area contributed by atoms with Gasteiger partial charge in [-0.3, -0.25) is 4.79 Å². The number of hydrazine groups is 1. The van der Waals surface area contributed by atoms with Crippen LogP contribution in [-0.4, -0.2) is 38.6 Å². The minimum Gasteiger partial charge on any atom is -0.443 e. The number of ether oxygens (including phenoxy) is 1. The number of H-pyrrole nitrogens is 1. The van der Waals surface area contributed by atoms with Crippen LogP contribution in [0.5, 0.6) is 0 Å². The van der Waals surface area contributed by atoms with Crippen molar-refractivity contribution in [2.24, 2.45) is 5.92 Å². The number of hydrogen-bond donors (Lipinski definition) is 2. The van der Waals surface area contributed by atoms with Crippen LogP contribution < -0.4 is 5.43 Å². The highest BCUT2D eigenvalue weighted by Crippen LogP contribution is 2.30. The van der Waals surface area contributed by atoms with Crippen LogP contribution in [0.2, 0.25) is 5.02 Å². The van der Waals surface area contributed by atoms with Crippen molar-refractivity contribution >= 4 is 34.6 Å². The molecule has 0 unspecified atom stereocenters. The molecule has 2 heterocycles. The Morgan fingerprint density at radius 1 is 1.34 bits per heavy atom. The van der Waals surface area contributed by atoms with Crippen LogP contribution in [0.15, 0.2) is 18.5 Å². The highest BCUT2D eigenvalue weighted by Gasteiger charge is 2.33. The predicted molar refractivity (Wildman–Crippen MR) is 108 cm³/mol. The summed E-state index contributed by atoms with van der Waals surface area (Å²) in [5, 5.41) is 11.3. The number of amides is 2. The van der Waals surface area contributed by atoms with Gasteiger partial charge in [-0.25, -0.2) is 20.2 Å². The fourth-order valence-corrected chi connectivity index (χ4v) is 3.71. The first kappa shape index (κ1) is 20.9. The number of nitriles is 1. The molecule has 1 aliphatic rings. The minimum absolute atomic E-state index is 0.0359. The van der Waals surface area contributed by atoms with Crippen LogP contribution in [-0.2, 0) is 4.74 Å². The Morgan fingerprint density at radius 2 is 2.03 bits per heavy atom. The average molecular weight is 418 g/mol. The number of hydrogen-bond acceptors (Lipinski definition) is 5. The molecular formula is C20H24ClN5O3. The van der Waals surface area contributed by atoms with Crippen molar-refractivity contribution in [1.29, 1.82) is 5.26 Å². The number of rotatable bonds is 2. The van der Waals surface area contributed by atoms with E-state index in [1.54, 1.807) is 33.0 Å². The Balaban J connectivity index is 1.88. The van der Waals surface area contributed by atoms with Crippen LogP contribution in [0.4, 0.5) is 4.79 Å². The molecular weight excluding hydrogens is 394 g/mol. The predicted octanol–water partition coefficient (Wildman–Crippen LogP) is 4.18. The van der Waals surface area contributed by atoms with Gasteiger partial charge in [0.2, 0.25) is 0 Å². The SMILES string of the molecule is CC(C)(C)OC(=O)NN(C(=O)c1cnc2[nH]ccc2c1Cl)C1CCC(C#N)CC1. The van der Waals surface area contributed by atoms with Gasteiger partial charge in [0.25, 0.3) is 5.91 Å². The zero-order valence-corrected chi connectivity index (χ0v) is 17.4. The van der Waals surface area contributed by atoms with E-state index in [9.17, 15) is 9.59 Å². The largest absolute Gasteiger partial charge is 0.443 e. The molecule has 1 fully saturated rings. The number of fused-ring (bicyclic) bond motifs is 1. The number of aromatic nitrogens is 2. The van der Waals surface area contributed by atoms with Gasteiger partial charge in [-0.2, -0.15) is 5.26 Å². The third-order valence-electron chi connectivity index (χ3n) is 4.83. The van der Waals surface area contributed by atoms with E-state index in [0.717, 1.165) is 0 Å². The molecule has 2 N–H and O–H groups in total. The number of pyridine rings is 1. The standard InChI is InChI=1S/C20H24ClN5O3/c1-20(2,3)29-19(28)25-26(13-6-4-12(10-22)5-7-13)18(27)15-11-24-17-14(16(15)21)8-9-23-17/h8-9,11-13H,4-7H2,1-3H3,(H,23,24)(H,25,28). The van der Waals surface area contributed by atoms with Crippen molar-refractivity contribution in [3.63, 3.8) is 0 Å². The summed E-state index contributed by atoms with van der Waals surface area (Å²) in [5.41, 5.74) is 2.65. The van der Waals surface area contributed by atoms with E-state index in [4.69, 9.17) is 21.6 Å². The van der Waals surface area contributed by atoms with E-state index in [1.807, 2.05) is 0 Å². The number of carbonyl (C=O) groups excluding carboxylic acids is 2. The van der Waals surface area contributed by atoms with Gasteiger partial charge in [-0.05, 0) is 52.5 Å². The van der Waals surface area contributed by atoms with Crippen LogP contribution in [0.1, 0.15) is 56.8 Å². The Bertz CT molecular complexity index is 951. The molecule has 8 nitrogen and oxygen atoms in total. The first-order chi connectivity index (χ1) is 13.7. The van der Waals surface area contributed by atoms with Gasteiger partial charge < -0.3 is 9.72 Å². The number of halogens is 1. The first-order valence-corrected chi connectivity index (χ1v) is 9.92. The molecule has 2 aromatic rings. The lowest BCUT2D eigenvalue weighted by Gasteiger charge is -2.35. The van der Waals surface area contributed by atoms with Gasteiger partial charge in [-0.1, -0.05) is 11.6 Å². The molecule has 0 aromatic carbocycles. The van der Waals surface area contributed by atoms with Gasteiger partial charge in [0.1, 0.15) is 11.2 Å². The highest BCUT2D eigenvalue weighted by molar-refractivity contribution is 6.38. The highest BCUT2D eigenvalue weighted by atomic mass is 35.5. The van der Waals surface area contributed by atoms with Crippen molar-refractivity contribution < 1.29 is 14.3 Å². The summed E-state index contributed by atoms with van der Waals surface area (Å²) in [6.07, 6.45) is 4.87. The van der Waals surface area contributed by atoms with Gasteiger partial charge in [-0.15, -0.1) is 0 Å². The summed E-state index contributed by atoms with van der Waals surface area (Å²) in [6.45, 7) is 5.24. The quantitative estimate of drug-likeness (QED) is 0.712. The lowest BCUT2D eigenvalue weighted by atomic mass is 9.86. The maximum absolute atomic E-state index is 13.3. The number of carbonyl (C=O) groups is 2. The molecule has 0 bridgehead atoms. The number of nitrogens with zero attached hydrogens (tertiary/aromatic N) is 3. The topological polar surface area (TPSA) is 111 Å². The summed E-state index contributed by atoms with van der Waals surface area (Å²) in [5.74, 6) is -0.497. The number of aromatic amines is 1. The smallest absolute Gasteiger partial charge is 0.426 e. The van der Waals surface area contributed by atoms with Crippen molar-refractivity contribution in [3.8, 4) is 6.07 Å². The van der Waals surface area contributed by atoms with E-state index in [0.29, 0.717) is 36.7 Å². The number of nitrogens with one attached hydrogen (secondary N) is 2. The molecule has 0 radical (unpaired) electrons. The third kappa shape index (κ3) is 4.80. The van der Waals surface area contributed by atoms with Crippen LogP contribution in [0.25, 0.3) is 11.0 Å². The van der Waals surface area contributed by atoms with Gasteiger partial charge in [0, 0.05) is 23.7 Å². The second kappa shape index (κ2) is 8.29. The summed E-state index contributed by atoms with van der Waals surface area (Å²) in [7, 11) is 0. The molecule has 2 amide bonds.